The molecule has 0 aliphatic heterocycles. The molecule has 88 valence electrons. The van der Waals surface area contributed by atoms with Crippen LogP contribution in [0.3, 0.4) is 0 Å². The molecule has 4 bridgehead atoms. The first-order chi connectivity index (χ1) is 7.84. The van der Waals surface area contributed by atoms with Crippen molar-refractivity contribution in [3.63, 3.8) is 0 Å². The summed E-state index contributed by atoms with van der Waals surface area (Å²) in [6.07, 6.45) is 17.9. The molecular weight excluding hydrogens is 192 g/mol. The quantitative estimate of drug-likeness (QED) is 0.557. The number of hydrogen-bond acceptors (Lipinski definition) is 0. The van der Waals surface area contributed by atoms with Gasteiger partial charge in [0.15, 0.2) is 0 Å². The van der Waals surface area contributed by atoms with E-state index in [2.05, 4.69) is 6.08 Å². The fraction of sp³-hybridized carbons (Fsp3) is 0.875. The Labute approximate surface area is 99.5 Å². The fourth-order valence-electron chi connectivity index (χ4n) is 5.82. The van der Waals surface area contributed by atoms with Gasteiger partial charge in [0.05, 0.1) is 0 Å². The standard InChI is InChI=1S/C16H24/c1-2-4-15(5-3-1)16-9-12-6-13(10-16)8-14(7-12)11-16/h4,12-14H,1-3,5-11H2. The van der Waals surface area contributed by atoms with Crippen molar-refractivity contribution in [1.29, 1.82) is 0 Å². The van der Waals surface area contributed by atoms with E-state index in [1.54, 1.807) is 38.5 Å². The van der Waals surface area contributed by atoms with Crippen LogP contribution in [0.5, 0.6) is 0 Å². The molecule has 5 rings (SSSR count). The smallest absolute Gasteiger partial charge is 0.00802 e. The average molecular weight is 216 g/mol. The molecule has 0 radical (unpaired) electrons. The normalized spacial score (nSPS) is 50.5. The van der Waals surface area contributed by atoms with Gasteiger partial charge in [-0.3, -0.25) is 0 Å². The Hall–Kier alpha value is -0.260. The zero-order chi connectivity index (χ0) is 10.6. The molecule has 16 heavy (non-hydrogen) atoms. The van der Waals surface area contributed by atoms with Gasteiger partial charge in [0.2, 0.25) is 0 Å². The highest BCUT2D eigenvalue weighted by Gasteiger charge is 2.52. The first-order valence-electron chi connectivity index (χ1n) is 7.54. The zero-order valence-corrected chi connectivity index (χ0v) is 10.4. The summed E-state index contributed by atoms with van der Waals surface area (Å²) in [5.41, 5.74) is 2.65. The minimum absolute atomic E-state index is 0.731. The molecule has 0 aromatic heterocycles. The van der Waals surface area contributed by atoms with E-state index >= 15 is 0 Å². The summed E-state index contributed by atoms with van der Waals surface area (Å²) in [4.78, 5) is 0. The summed E-state index contributed by atoms with van der Waals surface area (Å²) in [5, 5.41) is 0. The van der Waals surface area contributed by atoms with Crippen LogP contribution in [0.2, 0.25) is 0 Å². The van der Waals surface area contributed by atoms with Crippen molar-refractivity contribution in [2.75, 3.05) is 0 Å². The lowest BCUT2D eigenvalue weighted by Gasteiger charge is -2.58. The maximum Gasteiger partial charge on any atom is -0.00802 e. The van der Waals surface area contributed by atoms with Crippen molar-refractivity contribution in [3.8, 4) is 0 Å². The van der Waals surface area contributed by atoms with Crippen molar-refractivity contribution in [1.82, 2.24) is 0 Å². The lowest BCUT2D eigenvalue weighted by atomic mass is 9.47. The lowest BCUT2D eigenvalue weighted by molar-refractivity contribution is -0.0328. The van der Waals surface area contributed by atoms with Gasteiger partial charge in [-0.25, -0.2) is 0 Å². The molecule has 5 aliphatic rings. The second-order valence-corrected chi connectivity index (χ2v) is 7.17. The Morgan fingerprint density at radius 3 is 2.00 bits per heavy atom. The predicted molar refractivity (Wildman–Crippen MR) is 67.2 cm³/mol. The largest absolute Gasteiger partial charge is 0.0848 e. The molecule has 0 heteroatoms. The van der Waals surface area contributed by atoms with Crippen LogP contribution >= 0.6 is 0 Å². The Bertz CT molecular complexity index is 288. The van der Waals surface area contributed by atoms with E-state index in [9.17, 15) is 0 Å². The van der Waals surface area contributed by atoms with Gasteiger partial charge in [-0.1, -0.05) is 11.6 Å². The SMILES string of the molecule is C1=C(C23CC4CC(CC(C4)C2)C3)CCCC1. The van der Waals surface area contributed by atoms with Gasteiger partial charge in [-0.05, 0) is 87.4 Å². The summed E-state index contributed by atoms with van der Waals surface area (Å²) >= 11 is 0. The first-order valence-corrected chi connectivity index (χ1v) is 7.54. The lowest BCUT2D eigenvalue weighted by Crippen LogP contribution is -2.47. The number of rotatable bonds is 1. The van der Waals surface area contributed by atoms with Gasteiger partial charge >= 0.3 is 0 Å². The van der Waals surface area contributed by atoms with E-state index in [1.807, 2.05) is 5.57 Å². The summed E-state index contributed by atoms with van der Waals surface area (Å²) in [5.74, 6) is 3.36. The third-order valence-electron chi connectivity index (χ3n) is 6.01. The third-order valence-corrected chi connectivity index (χ3v) is 6.01. The fourth-order valence-corrected chi connectivity index (χ4v) is 5.82. The van der Waals surface area contributed by atoms with Gasteiger partial charge in [-0.2, -0.15) is 0 Å². The molecule has 0 nitrogen and oxygen atoms in total. The molecule has 4 fully saturated rings. The van der Waals surface area contributed by atoms with E-state index in [4.69, 9.17) is 0 Å². The molecule has 4 saturated carbocycles. The summed E-state index contributed by atoms with van der Waals surface area (Å²) in [7, 11) is 0. The maximum absolute atomic E-state index is 2.65. The molecule has 5 aliphatic carbocycles. The first kappa shape index (κ1) is 9.74. The van der Waals surface area contributed by atoms with Crippen LogP contribution in [0.15, 0.2) is 11.6 Å². The molecule has 0 heterocycles. The minimum Gasteiger partial charge on any atom is -0.0848 e. The van der Waals surface area contributed by atoms with Crippen LogP contribution in [-0.2, 0) is 0 Å². The zero-order valence-electron chi connectivity index (χ0n) is 10.4. The van der Waals surface area contributed by atoms with Gasteiger partial charge in [0, 0.05) is 0 Å². The Kier molecular flexibility index (Phi) is 2.05. The van der Waals surface area contributed by atoms with Crippen molar-refractivity contribution in [2.24, 2.45) is 23.2 Å². The number of hydrogen-bond donors (Lipinski definition) is 0. The van der Waals surface area contributed by atoms with E-state index in [-0.39, 0.29) is 0 Å². The predicted octanol–water partition coefficient (Wildman–Crippen LogP) is 4.70. The van der Waals surface area contributed by atoms with E-state index in [0.29, 0.717) is 0 Å². The second kappa shape index (κ2) is 3.37. The molecule has 0 aromatic rings. The molecule has 0 atom stereocenters. The van der Waals surface area contributed by atoms with Crippen LogP contribution in [0, 0.1) is 23.2 Å². The second-order valence-electron chi connectivity index (χ2n) is 7.17. The van der Waals surface area contributed by atoms with Crippen LogP contribution in [0.1, 0.15) is 64.2 Å². The van der Waals surface area contributed by atoms with Crippen LogP contribution in [0.4, 0.5) is 0 Å². The molecule has 0 amide bonds. The number of allylic oxidation sites excluding steroid dienone is 2. The third kappa shape index (κ3) is 1.34. The highest BCUT2D eigenvalue weighted by molar-refractivity contribution is 5.22. The summed E-state index contributed by atoms with van der Waals surface area (Å²) in [6.45, 7) is 0. The monoisotopic (exact) mass is 216 g/mol. The molecule has 0 aromatic carbocycles. The minimum atomic E-state index is 0.731. The van der Waals surface area contributed by atoms with Crippen LogP contribution < -0.4 is 0 Å². The average Bonchev–Trinajstić information content (AvgIpc) is 2.28. The highest BCUT2D eigenvalue weighted by Crippen LogP contribution is 2.63. The molecule has 0 saturated heterocycles. The van der Waals surface area contributed by atoms with E-state index in [0.717, 1.165) is 23.2 Å². The Morgan fingerprint density at radius 1 is 0.875 bits per heavy atom. The van der Waals surface area contributed by atoms with Crippen LogP contribution in [-0.4, -0.2) is 0 Å². The Morgan fingerprint density at radius 2 is 1.50 bits per heavy atom. The summed E-state index contributed by atoms with van der Waals surface area (Å²) in [6, 6.07) is 0. The molecule has 0 N–H and O–H groups in total. The molecule has 0 unspecified atom stereocenters. The maximum atomic E-state index is 2.65. The van der Waals surface area contributed by atoms with E-state index < -0.39 is 0 Å². The Balaban J connectivity index is 1.68. The van der Waals surface area contributed by atoms with Gasteiger partial charge in [-0.15, -0.1) is 0 Å². The molecular formula is C16H24. The van der Waals surface area contributed by atoms with Gasteiger partial charge < -0.3 is 0 Å². The topological polar surface area (TPSA) is 0 Å². The highest BCUT2D eigenvalue weighted by atomic mass is 14.6. The van der Waals surface area contributed by atoms with Crippen molar-refractivity contribution >= 4 is 0 Å². The van der Waals surface area contributed by atoms with Crippen molar-refractivity contribution in [3.05, 3.63) is 11.6 Å². The van der Waals surface area contributed by atoms with Crippen molar-refractivity contribution < 1.29 is 0 Å². The van der Waals surface area contributed by atoms with Gasteiger partial charge in [0.1, 0.15) is 0 Å². The van der Waals surface area contributed by atoms with Crippen LogP contribution in [0.25, 0.3) is 0 Å². The summed E-state index contributed by atoms with van der Waals surface area (Å²) < 4.78 is 0. The van der Waals surface area contributed by atoms with E-state index in [1.165, 1.54) is 25.7 Å². The van der Waals surface area contributed by atoms with Gasteiger partial charge in [0.25, 0.3) is 0 Å². The molecule has 0 spiro atoms. The van der Waals surface area contributed by atoms with Crippen molar-refractivity contribution in [2.45, 2.75) is 64.2 Å².